The zero-order valence-electron chi connectivity index (χ0n) is 34.4. The number of esters is 2. The maximum absolute atomic E-state index is 12.6. The van der Waals surface area contributed by atoms with Gasteiger partial charge in [-0.05, 0) is 57.8 Å². The number of phosphoric ester groups is 1. The van der Waals surface area contributed by atoms with E-state index in [1.165, 1.54) is 76.7 Å². The lowest BCUT2D eigenvalue weighted by molar-refractivity contribution is -0.159. The number of carbonyl (C=O) groups excluding carboxylic acids is 2. The fourth-order valence-electron chi connectivity index (χ4n) is 5.20. The van der Waals surface area contributed by atoms with Gasteiger partial charge in [0.25, 0.3) is 0 Å². The van der Waals surface area contributed by atoms with Crippen molar-refractivity contribution in [2.24, 2.45) is 5.73 Å². The Bertz CT molecular complexity index is 1230. The highest BCUT2D eigenvalue weighted by Crippen LogP contribution is 2.43. The van der Waals surface area contributed by atoms with Gasteiger partial charge in [-0.3, -0.25) is 18.6 Å². The van der Waals surface area contributed by atoms with Crippen LogP contribution in [0.1, 0.15) is 155 Å². The molecule has 0 spiro atoms. The fraction of sp³-hybridized carbons (Fsp3) is 0.659. The van der Waals surface area contributed by atoms with Gasteiger partial charge in [-0.2, -0.15) is 0 Å². The molecule has 0 aromatic rings. The van der Waals surface area contributed by atoms with E-state index < -0.39 is 57.7 Å². The standard InChI is InChI=1S/C44H74NO10P/c1-3-5-7-9-11-13-15-17-19-20-22-24-26-28-30-32-34-36-43(47)55-40(38-53-56(50,51)54-39-41(45)44(48)49)37-52-42(46)35-33-31-29-27-25-23-21-18-16-14-12-10-8-6-4-2/h7,9,13,15,19-20,24,26,29,31,33,35,40-41H,3-6,8,10-12,14,16-18,21-23,25,27-28,30,32,34,36-39,45H2,1-2H3,(H,48,49)(H,50,51)/b9-7+,15-13+,20-19+,26-24+,31-29+,35-33+/t40-,41+/m1/s1. The van der Waals surface area contributed by atoms with Crippen molar-refractivity contribution in [3.05, 3.63) is 72.9 Å². The number of ether oxygens (including phenoxy) is 2. The van der Waals surface area contributed by atoms with E-state index >= 15 is 0 Å². The lowest BCUT2D eigenvalue weighted by atomic mass is 10.1. The van der Waals surface area contributed by atoms with Gasteiger partial charge in [0.2, 0.25) is 0 Å². The summed E-state index contributed by atoms with van der Waals surface area (Å²) in [5, 5.41) is 8.87. The highest BCUT2D eigenvalue weighted by Gasteiger charge is 2.28. The molecular weight excluding hydrogens is 733 g/mol. The van der Waals surface area contributed by atoms with Gasteiger partial charge in [-0.15, -0.1) is 0 Å². The first-order chi connectivity index (χ1) is 27.1. The molecule has 320 valence electrons. The Morgan fingerprint density at radius 2 is 1.11 bits per heavy atom. The van der Waals surface area contributed by atoms with Crippen molar-refractivity contribution in [3.63, 3.8) is 0 Å². The van der Waals surface area contributed by atoms with E-state index in [0.717, 1.165) is 57.8 Å². The SMILES string of the molecule is CCC/C=C/C/C=C/C/C=C/C/C=C/CCCCCC(=O)O[C@H](COC(=O)/C=C/C=C/CCCCCCCCCCCCC)COP(=O)(O)OC[C@H](N)C(=O)O. The van der Waals surface area contributed by atoms with Crippen molar-refractivity contribution in [2.75, 3.05) is 19.8 Å². The van der Waals surface area contributed by atoms with Gasteiger partial charge in [-0.1, -0.05) is 158 Å². The lowest BCUT2D eigenvalue weighted by Gasteiger charge is -2.20. The number of phosphoric acid groups is 1. The molecule has 0 saturated carbocycles. The van der Waals surface area contributed by atoms with Crippen LogP contribution in [0.4, 0.5) is 0 Å². The van der Waals surface area contributed by atoms with Crippen LogP contribution in [0.5, 0.6) is 0 Å². The van der Waals surface area contributed by atoms with Crippen LogP contribution in [0.3, 0.4) is 0 Å². The van der Waals surface area contributed by atoms with Crippen LogP contribution >= 0.6 is 7.82 Å². The number of carboxylic acids is 1. The van der Waals surface area contributed by atoms with Crippen molar-refractivity contribution < 1.29 is 47.5 Å². The Hall–Kier alpha value is -3.08. The average molecular weight is 808 g/mol. The molecule has 0 fully saturated rings. The molecule has 12 heteroatoms. The molecule has 0 rings (SSSR count). The topological polar surface area (TPSA) is 172 Å². The van der Waals surface area contributed by atoms with Crippen LogP contribution < -0.4 is 5.73 Å². The summed E-state index contributed by atoms with van der Waals surface area (Å²) in [7, 11) is -4.75. The number of unbranched alkanes of at least 4 members (excludes halogenated alkanes) is 15. The second-order valence-electron chi connectivity index (χ2n) is 13.8. The number of allylic oxidation sites excluding steroid dienone is 11. The van der Waals surface area contributed by atoms with E-state index in [-0.39, 0.29) is 6.42 Å². The first kappa shape index (κ1) is 52.9. The molecule has 3 atom stereocenters. The third kappa shape index (κ3) is 37.8. The Balaban J connectivity index is 4.56. The summed E-state index contributed by atoms with van der Waals surface area (Å²) in [6.07, 6.45) is 46.0. The van der Waals surface area contributed by atoms with E-state index in [4.69, 9.17) is 24.8 Å². The Kier molecular flexibility index (Phi) is 36.6. The van der Waals surface area contributed by atoms with Crippen molar-refractivity contribution in [1.29, 1.82) is 0 Å². The van der Waals surface area contributed by atoms with Gasteiger partial charge in [0.05, 0.1) is 13.2 Å². The number of aliphatic carboxylic acids is 1. The maximum Gasteiger partial charge on any atom is 0.472 e. The minimum absolute atomic E-state index is 0.101. The lowest BCUT2D eigenvalue weighted by Crippen LogP contribution is -2.34. The third-order valence-corrected chi connectivity index (χ3v) is 9.46. The fourth-order valence-corrected chi connectivity index (χ4v) is 5.98. The Morgan fingerprint density at radius 3 is 1.68 bits per heavy atom. The largest absolute Gasteiger partial charge is 0.480 e. The summed E-state index contributed by atoms with van der Waals surface area (Å²) in [4.78, 5) is 45.8. The van der Waals surface area contributed by atoms with Crippen LogP contribution in [0.2, 0.25) is 0 Å². The minimum Gasteiger partial charge on any atom is -0.480 e. The summed E-state index contributed by atoms with van der Waals surface area (Å²) < 4.78 is 32.4. The molecule has 1 unspecified atom stereocenters. The van der Waals surface area contributed by atoms with Crippen LogP contribution in [-0.2, 0) is 37.5 Å². The third-order valence-electron chi connectivity index (χ3n) is 8.51. The van der Waals surface area contributed by atoms with Gasteiger partial charge in [0, 0.05) is 12.5 Å². The number of carboxylic acid groups (broad SMARTS) is 1. The quantitative estimate of drug-likeness (QED) is 0.0135. The predicted molar refractivity (Wildman–Crippen MR) is 226 cm³/mol. The smallest absolute Gasteiger partial charge is 0.472 e. The molecule has 0 radical (unpaired) electrons. The molecule has 56 heavy (non-hydrogen) atoms. The van der Waals surface area contributed by atoms with Crippen LogP contribution in [0.25, 0.3) is 0 Å². The normalized spacial score (nSPS) is 14.5. The first-order valence-corrected chi connectivity index (χ1v) is 22.5. The average Bonchev–Trinajstić information content (AvgIpc) is 3.17. The molecule has 0 heterocycles. The number of rotatable bonds is 38. The van der Waals surface area contributed by atoms with E-state index in [9.17, 15) is 23.8 Å². The van der Waals surface area contributed by atoms with Crippen molar-refractivity contribution in [3.8, 4) is 0 Å². The second-order valence-corrected chi connectivity index (χ2v) is 15.3. The number of carbonyl (C=O) groups is 3. The Labute approximate surface area is 338 Å². The van der Waals surface area contributed by atoms with Crippen molar-refractivity contribution in [1.82, 2.24) is 0 Å². The zero-order valence-corrected chi connectivity index (χ0v) is 35.3. The molecule has 0 aromatic heterocycles. The highest BCUT2D eigenvalue weighted by molar-refractivity contribution is 7.47. The summed E-state index contributed by atoms with van der Waals surface area (Å²) in [5.41, 5.74) is 5.32. The number of hydrogen-bond donors (Lipinski definition) is 3. The molecular formula is C44H74NO10P. The summed E-state index contributed by atoms with van der Waals surface area (Å²) in [6.45, 7) is 2.56. The van der Waals surface area contributed by atoms with Gasteiger partial charge in [0.15, 0.2) is 6.10 Å². The van der Waals surface area contributed by atoms with Gasteiger partial charge < -0.3 is 25.2 Å². The highest BCUT2D eigenvalue weighted by atomic mass is 31.2. The van der Waals surface area contributed by atoms with Gasteiger partial charge >= 0.3 is 25.7 Å². The maximum atomic E-state index is 12.6. The van der Waals surface area contributed by atoms with Crippen LogP contribution in [0.15, 0.2) is 72.9 Å². The van der Waals surface area contributed by atoms with Crippen LogP contribution in [0, 0.1) is 0 Å². The Morgan fingerprint density at radius 1 is 0.607 bits per heavy atom. The molecule has 0 aliphatic heterocycles. The van der Waals surface area contributed by atoms with Crippen molar-refractivity contribution in [2.45, 2.75) is 167 Å². The molecule has 0 aliphatic carbocycles. The molecule has 0 aliphatic rings. The van der Waals surface area contributed by atoms with E-state index in [1.54, 1.807) is 12.2 Å². The monoisotopic (exact) mass is 808 g/mol. The molecule has 0 saturated heterocycles. The molecule has 0 bridgehead atoms. The van der Waals surface area contributed by atoms with Crippen LogP contribution in [-0.4, -0.2) is 59.9 Å². The van der Waals surface area contributed by atoms with E-state index in [0.29, 0.717) is 6.42 Å². The van der Waals surface area contributed by atoms with E-state index in [1.807, 2.05) is 6.08 Å². The molecule has 0 amide bonds. The first-order valence-electron chi connectivity index (χ1n) is 21.0. The summed E-state index contributed by atoms with van der Waals surface area (Å²) in [5.74, 6) is -2.69. The molecule has 0 aromatic carbocycles. The predicted octanol–water partition coefficient (Wildman–Crippen LogP) is 10.9. The molecule has 4 N–H and O–H groups in total. The summed E-state index contributed by atoms with van der Waals surface area (Å²) >= 11 is 0. The van der Waals surface area contributed by atoms with Crippen molar-refractivity contribution >= 4 is 25.7 Å². The minimum atomic E-state index is -4.75. The second kappa shape index (κ2) is 38.8. The summed E-state index contributed by atoms with van der Waals surface area (Å²) in [6, 6.07) is -1.54. The number of hydrogen-bond acceptors (Lipinski definition) is 9. The van der Waals surface area contributed by atoms with Gasteiger partial charge in [0.1, 0.15) is 12.6 Å². The molecule has 11 nitrogen and oxygen atoms in total. The van der Waals surface area contributed by atoms with E-state index in [2.05, 4.69) is 67.0 Å². The zero-order chi connectivity index (χ0) is 41.4. The number of nitrogens with two attached hydrogens (primary N) is 1. The van der Waals surface area contributed by atoms with Gasteiger partial charge in [-0.25, -0.2) is 9.36 Å².